The van der Waals surface area contributed by atoms with Gasteiger partial charge in [-0.2, -0.15) is 0 Å². The summed E-state index contributed by atoms with van der Waals surface area (Å²) in [5.41, 5.74) is 1.05. The molecule has 3 rings (SSSR count). The van der Waals surface area contributed by atoms with Crippen LogP contribution in [0, 0.1) is 5.82 Å². The minimum absolute atomic E-state index is 0.0158. The van der Waals surface area contributed by atoms with Crippen molar-refractivity contribution in [1.82, 2.24) is 0 Å². The normalized spacial score (nSPS) is 16.1. The average Bonchev–Trinajstić information content (AvgIpc) is 2.68. The van der Waals surface area contributed by atoms with E-state index < -0.39 is 5.41 Å². The number of rotatable bonds is 6. The molecule has 0 atom stereocenters. The van der Waals surface area contributed by atoms with Crippen LogP contribution in [0.5, 0.6) is 5.75 Å². The molecule has 0 saturated heterocycles. The summed E-state index contributed by atoms with van der Waals surface area (Å²) in [5.74, 6) is 0.477. The van der Waals surface area contributed by atoms with Crippen molar-refractivity contribution < 1.29 is 13.9 Å². The van der Waals surface area contributed by atoms with Crippen LogP contribution in [0.4, 0.5) is 10.1 Å². The Morgan fingerprint density at radius 2 is 1.69 bits per heavy atom. The quantitative estimate of drug-likeness (QED) is 0.632. The van der Waals surface area contributed by atoms with Crippen molar-refractivity contribution in [2.45, 2.75) is 37.5 Å². The van der Waals surface area contributed by atoms with Gasteiger partial charge in [0.1, 0.15) is 11.6 Å². The first-order valence-electron chi connectivity index (χ1n) is 9.00. The van der Waals surface area contributed by atoms with E-state index in [0.717, 1.165) is 54.4 Å². The number of anilines is 1. The number of hydrogen-bond donors (Lipinski definition) is 1. The summed E-state index contributed by atoms with van der Waals surface area (Å²) in [6, 6.07) is 13.8. The molecule has 3 nitrogen and oxygen atoms in total. The number of carbonyl (C=O) groups is 1. The molecule has 0 heterocycles. The van der Waals surface area contributed by atoms with Gasteiger partial charge in [0, 0.05) is 11.0 Å². The van der Waals surface area contributed by atoms with Crippen LogP contribution >= 0.6 is 15.9 Å². The molecule has 0 unspecified atom stereocenters. The average molecular weight is 420 g/mol. The number of benzene rings is 2. The molecule has 1 amide bonds. The highest BCUT2D eigenvalue weighted by Crippen LogP contribution is 2.40. The van der Waals surface area contributed by atoms with Gasteiger partial charge in [-0.15, -0.1) is 0 Å². The molecule has 5 heteroatoms. The van der Waals surface area contributed by atoms with Crippen molar-refractivity contribution >= 4 is 27.5 Å². The minimum Gasteiger partial charge on any atom is -0.493 e. The lowest BCUT2D eigenvalue weighted by atomic mass is 9.68. The molecule has 26 heavy (non-hydrogen) atoms. The SMILES string of the molecule is O=C(Nc1ccc(OCCBr)cc1)C1(c2ccc(F)cc2)CCCCC1. The Labute approximate surface area is 162 Å². The first-order chi connectivity index (χ1) is 12.6. The number of halogens is 2. The third-order valence-electron chi connectivity index (χ3n) is 5.00. The largest absolute Gasteiger partial charge is 0.493 e. The van der Waals surface area contributed by atoms with Crippen LogP contribution in [0.1, 0.15) is 37.7 Å². The second-order valence-electron chi connectivity index (χ2n) is 6.67. The summed E-state index contributed by atoms with van der Waals surface area (Å²) in [5, 5.41) is 3.82. The summed E-state index contributed by atoms with van der Waals surface area (Å²) in [6.07, 6.45) is 4.72. The van der Waals surface area contributed by atoms with Gasteiger partial charge in [0.15, 0.2) is 0 Å². The maximum absolute atomic E-state index is 13.3. The van der Waals surface area contributed by atoms with Crippen LogP contribution in [0.25, 0.3) is 0 Å². The topological polar surface area (TPSA) is 38.3 Å². The maximum atomic E-state index is 13.3. The molecule has 138 valence electrons. The molecule has 2 aromatic carbocycles. The molecule has 1 aliphatic carbocycles. The summed E-state index contributed by atoms with van der Waals surface area (Å²) < 4.78 is 18.9. The van der Waals surface area contributed by atoms with Gasteiger partial charge in [0.05, 0.1) is 12.0 Å². The summed E-state index contributed by atoms with van der Waals surface area (Å²) in [4.78, 5) is 13.2. The predicted octanol–water partition coefficient (Wildman–Crippen LogP) is 5.44. The zero-order chi connectivity index (χ0) is 18.4. The van der Waals surface area contributed by atoms with Crippen LogP contribution in [-0.2, 0) is 10.2 Å². The molecule has 0 bridgehead atoms. The highest BCUT2D eigenvalue weighted by atomic mass is 79.9. The number of amides is 1. The van der Waals surface area contributed by atoms with E-state index in [0.29, 0.717) is 6.61 Å². The third-order valence-corrected chi connectivity index (χ3v) is 5.32. The second-order valence-corrected chi connectivity index (χ2v) is 7.46. The van der Waals surface area contributed by atoms with Crippen LogP contribution in [-0.4, -0.2) is 17.8 Å². The van der Waals surface area contributed by atoms with Gasteiger partial charge in [0.2, 0.25) is 5.91 Å². The molecule has 1 N–H and O–H groups in total. The van der Waals surface area contributed by atoms with Crippen LogP contribution in [0.2, 0.25) is 0 Å². The van der Waals surface area contributed by atoms with E-state index in [1.54, 1.807) is 12.1 Å². The zero-order valence-corrected chi connectivity index (χ0v) is 16.2. The molecule has 0 spiro atoms. The number of alkyl halides is 1. The van der Waals surface area contributed by atoms with Crippen LogP contribution in [0.3, 0.4) is 0 Å². The van der Waals surface area contributed by atoms with Crippen molar-refractivity contribution in [2.24, 2.45) is 0 Å². The van der Waals surface area contributed by atoms with Gasteiger partial charge >= 0.3 is 0 Å². The molecule has 1 aliphatic rings. The lowest BCUT2D eigenvalue weighted by Crippen LogP contribution is -2.42. The van der Waals surface area contributed by atoms with Crippen molar-refractivity contribution in [3.63, 3.8) is 0 Å². The van der Waals surface area contributed by atoms with E-state index in [1.165, 1.54) is 12.1 Å². The first-order valence-corrected chi connectivity index (χ1v) is 10.1. The molecule has 0 aromatic heterocycles. The van der Waals surface area contributed by atoms with Gasteiger partial charge < -0.3 is 10.1 Å². The molecular formula is C21H23BrFNO2. The number of hydrogen-bond acceptors (Lipinski definition) is 2. The van der Waals surface area contributed by atoms with E-state index in [1.807, 2.05) is 24.3 Å². The summed E-state index contributed by atoms with van der Waals surface area (Å²) in [6.45, 7) is 0.597. The van der Waals surface area contributed by atoms with Crippen LogP contribution < -0.4 is 10.1 Å². The maximum Gasteiger partial charge on any atom is 0.235 e. The molecule has 1 saturated carbocycles. The molecular weight excluding hydrogens is 397 g/mol. The van der Waals surface area contributed by atoms with Gasteiger partial charge in [0.25, 0.3) is 0 Å². The highest BCUT2D eigenvalue weighted by Gasteiger charge is 2.41. The van der Waals surface area contributed by atoms with Crippen molar-refractivity contribution in [1.29, 1.82) is 0 Å². The molecule has 1 fully saturated rings. The lowest BCUT2D eigenvalue weighted by molar-refractivity contribution is -0.122. The molecule has 2 aromatic rings. The van der Waals surface area contributed by atoms with E-state index in [9.17, 15) is 9.18 Å². The molecule has 0 aliphatic heterocycles. The van der Waals surface area contributed by atoms with E-state index >= 15 is 0 Å². The monoisotopic (exact) mass is 419 g/mol. The standard InChI is InChI=1S/C21H23BrFNO2/c22-14-15-26-19-10-8-18(9-11-19)24-20(25)21(12-2-1-3-13-21)16-4-6-17(23)7-5-16/h4-11H,1-3,12-15H2,(H,24,25). The fourth-order valence-electron chi connectivity index (χ4n) is 3.61. The van der Waals surface area contributed by atoms with E-state index in [2.05, 4.69) is 21.2 Å². The minimum atomic E-state index is -0.586. The Balaban J connectivity index is 1.78. The number of carbonyl (C=O) groups excluding carboxylic acids is 1. The fraction of sp³-hybridized carbons (Fsp3) is 0.381. The van der Waals surface area contributed by atoms with Gasteiger partial charge in [-0.05, 0) is 54.8 Å². The Morgan fingerprint density at radius 3 is 2.31 bits per heavy atom. The van der Waals surface area contributed by atoms with Gasteiger partial charge in [-0.1, -0.05) is 47.3 Å². The summed E-state index contributed by atoms with van der Waals surface area (Å²) in [7, 11) is 0. The van der Waals surface area contributed by atoms with Crippen molar-refractivity contribution in [3.8, 4) is 5.75 Å². The third kappa shape index (κ3) is 4.26. The van der Waals surface area contributed by atoms with Gasteiger partial charge in [-0.25, -0.2) is 4.39 Å². The Kier molecular flexibility index (Phi) is 6.30. The van der Waals surface area contributed by atoms with Crippen molar-refractivity contribution in [3.05, 3.63) is 59.9 Å². The summed E-state index contributed by atoms with van der Waals surface area (Å²) >= 11 is 3.33. The Bertz CT molecular complexity index is 725. The van der Waals surface area contributed by atoms with Crippen molar-refractivity contribution in [2.75, 3.05) is 17.3 Å². The lowest BCUT2D eigenvalue weighted by Gasteiger charge is -2.36. The number of ether oxygens (including phenoxy) is 1. The Hall–Kier alpha value is -1.88. The van der Waals surface area contributed by atoms with Crippen LogP contribution in [0.15, 0.2) is 48.5 Å². The second kappa shape index (κ2) is 8.67. The van der Waals surface area contributed by atoms with E-state index in [-0.39, 0.29) is 11.7 Å². The van der Waals surface area contributed by atoms with E-state index in [4.69, 9.17) is 4.74 Å². The zero-order valence-electron chi connectivity index (χ0n) is 14.6. The highest BCUT2D eigenvalue weighted by molar-refractivity contribution is 9.09. The molecule has 0 radical (unpaired) electrons. The predicted molar refractivity (Wildman–Crippen MR) is 106 cm³/mol. The van der Waals surface area contributed by atoms with Gasteiger partial charge in [-0.3, -0.25) is 4.79 Å². The smallest absolute Gasteiger partial charge is 0.235 e. The Morgan fingerprint density at radius 1 is 1.04 bits per heavy atom. The number of nitrogens with one attached hydrogen (secondary N) is 1. The fourth-order valence-corrected chi connectivity index (χ4v) is 3.77. The first kappa shape index (κ1) is 18.9.